The van der Waals surface area contributed by atoms with E-state index in [1.165, 1.54) is 0 Å². The van der Waals surface area contributed by atoms with Gasteiger partial charge in [-0.25, -0.2) is 4.98 Å². The number of benzene rings is 2. The van der Waals surface area contributed by atoms with Crippen LogP contribution in [-0.4, -0.2) is 21.9 Å². The maximum absolute atomic E-state index is 12.5. The van der Waals surface area contributed by atoms with E-state index in [0.29, 0.717) is 5.56 Å². The summed E-state index contributed by atoms with van der Waals surface area (Å²) in [6.45, 7) is 4.05. The molecule has 0 fully saturated rings. The first-order chi connectivity index (χ1) is 10.7. The second-order valence-electron chi connectivity index (χ2n) is 5.43. The molecule has 0 saturated heterocycles. The molecule has 22 heavy (non-hydrogen) atoms. The van der Waals surface area contributed by atoms with Crippen LogP contribution in [0.5, 0.6) is 0 Å². The molecular formula is C18H19N3O. The lowest BCUT2D eigenvalue weighted by molar-refractivity contribution is 0.0940. The molecule has 4 heteroatoms. The summed E-state index contributed by atoms with van der Waals surface area (Å²) in [6, 6.07) is 15.5. The van der Waals surface area contributed by atoms with Crippen molar-refractivity contribution in [2.24, 2.45) is 0 Å². The van der Waals surface area contributed by atoms with Gasteiger partial charge in [-0.1, -0.05) is 37.3 Å². The van der Waals surface area contributed by atoms with Crippen molar-refractivity contribution in [2.45, 2.75) is 26.3 Å². The number of amides is 1. The highest BCUT2D eigenvalue weighted by Gasteiger charge is 2.16. The van der Waals surface area contributed by atoms with Crippen molar-refractivity contribution in [1.82, 2.24) is 15.3 Å². The molecule has 1 heterocycles. The molecule has 4 nitrogen and oxygen atoms in total. The highest BCUT2D eigenvalue weighted by atomic mass is 16.1. The third-order valence-electron chi connectivity index (χ3n) is 3.81. The first-order valence-corrected chi connectivity index (χ1v) is 7.54. The van der Waals surface area contributed by atoms with Crippen molar-refractivity contribution in [2.75, 3.05) is 0 Å². The van der Waals surface area contributed by atoms with Crippen LogP contribution in [-0.2, 0) is 0 Å². The van der Waals surface area contributed by atoms with Crippen molar-refractivity contribution in [1.29, 1.82) is 0 Å². The molecule has 112 valence electrons. The molecule has 0 aliphatic heterocycles. The maximum Gasteiger partial charge on any atom is 0.252 e. The SMILES string of the molecule is CCC(C)NC(=O)c1ccccc1-c1nc2ccccc2[nH]1. The zero-order chi connectivity index (χ0) is 15.5. The lowest BCUT2D eigenvalue weighted by Gasteiger charge is -2.13. The number of nitrogens with zero attached hydrogens (tertiary/aromatic N) is 1. The van der Waals surface area contributed by atoms with E-state index in [9.17, 15) is 4.79 Å². The van der Waals surface area contributed by atoms with E-state index < -0.39 is 0 Å². The van der Waals surface area contributed by atoms with Crippen LogP contribution in [0.2, 0.25) is 0 Å². The fourth-order valence-electron chi connectivity index (χ4n) is 2.37. The zero-order valence-electron chi connectivity index (χ0n) is 12.8. The Morgan fingerprint density at radius 2 is 1.91 bits per heavy atom. The number of hydrogen-bond donors (Lipinski definition) is 2. The van der Waals surface area contributed by atoms with E-state index in [-0.39, 0.29) is 11.9 Å². The van der Waals surface area contributed by atoms with Crippen LogP contribution in [0.4, 0.5) is 0 Å². The lowest BCUT2D eigenvalue weighted by Crippen LogP contribution is -2.32. The summed E-state index contributed by atoms with van der Waals surface area (Å²) in [5, 5.41) is 3.01. The van der Waals surface area contributed by atoms with Gasteiger partial charge in [0.05, 0.1) is 16.6 Å². The molecular weight excluding hydrogens is 274 g/mol. The van der Waals surface area contributed by atoms with Gasteiger partial charge in [-0.3, -0.25) is 4.79 Å². The minimum absolute atomic E-state index is 0.0644. The number of carbonyl (C=O) groups is 1. The number of fused-ring (bicyclic) bond motifs is 1. The quantitative estimate of drug-likeness (QED) is 0.769. The molecule has 1 amide bonds. The summed E-state index contributed by atoms with van der Waals surface area (Å²) in [5.41, 5.74) is 3.32. The molecule has 1 aromatic heterocycles. The summed E-state index contributed by atoms with van der Waals surface area (Å²) < 4.78 is 0. The number of imidazole rings is 1. The van der Waals surface area contributed by atoms with E-state index in [1.807, 2.05) is 55.5 Å². The number of carbonyl (C=O) groups excluding carboxylic acids is 1. The van der Waals surface area contributed by atoms with E-state index in [0.717, 1.165) is 28.8 Å². The Morgan fingerprint density at radius 3 is 2.68 bits per heavy atom. The predicted molar refractivity (Wildman–Crippen MR) is 88.7 cm³/mol. The summed E-state index contributed by atoms with van der Waals surface area (Å²) in [5.74, 6) is 0.654. The van der Waals surface area contributed by atoms with Gasteiger partial charge in [0, 0.05) is 11.6 Å². The molecule has 0 saturated carbocycles. The van der Waals surface area contributed by atoms with Crippen LogP contribution in [0.3, 0.4) is 0 Å². The van der Waals surface area contributed by atoms with Crippen LogP contribution in [0.1, 0.15) is 30.6 Å². The predicted octanol–water partition coefficient (Wildman–Crippen LogP) is 3.76. The van der Waals surface area contributed by atoms with Crippen LogP contribution >= 0.6 is 0 Å². The van der Waals surface area contributed by atoms with Gasteiger partial charge in [-0.15, -0.1) is 0 Å². The maximum atomic E-state index is 12.5. The average Bonchev–Trinajstić information content (AvgIpc) is 2.98. The number of H-pyrrole nitrogens is 1. The number of hydrogen-bond acceptors (Lipinski definition) is 2. The number of aromatic amines is 1. The van der Waals surface area contributed by atoms with Gasteiger partial charge in [-0.05, 0) is 31.5 Å². The highest BCUT2D eigenvalue weighted by Crippen LogP contribution is 2.24. The number of rotatable bonds is 4. The second-order valence-corrected chi connectivity index (χ2v) is 5.43. The summed E-state index contributed by atoms with van der Waals surface area (Å²) >= 11 is 0. The largest absolute Gasteiger partial charge is 0.350 e. The minimum Gasteiger partial charge on any atom is -0.350 e. The molecule has 0 spiro atoms. The Hall–Kier alpha value is -2.62. The van der Waals surface area contributed by atoms with Gasteiger partial charge in [0.2, 0.25) is 0 Å². The topological polar surface area (TPSA) is 57.8 Å². The van der Waals surface area contributed by atoms with Crippen LogP contribution in [0.15, 0.2) is 48.5 Å². The molecule has 0 bridgehead atoms. The van der Waals surface area contributed by atoms with Crippen LogP contribution in [0.25, 0.3) is 22.4 Å². The Morgan fingerprint density at radius 1 is 1.18 bits per heavy atom. The Labute approximate surface area is 129 Å². The first kappa shape index (κ1) is 14.3. The zero-order valence-corrected chi connectivity index (χ0v) is 12.8. The van der Waals surface area contributed by atoms with Gasteiger partial charge in [0.15, 0.2) is 0 Å². The fourth-order valence-corrected chi connectivity index (χ4v) is 2.37. The van der Waals surface area contributed by atoms with Crippen molar-refractivity contribution >= 4 is 16.9 Å². The van der Waals surface area contributed by atoms with E-state index in [4.69, 9.17) is 0 Å². The lowest BCUT2D eigenvalue weighted by atomic mass is 10.1. The van der Waals surface area contributed by atoms with Gasteiger partial charge in [0.1, 0.15) is 5.82 Å². The van der Waals surface area contributed by atoms with Gasteiger partial charge < -0.3 is 10.3 Å². The molecule has 1 unspecified atom stereocenters. The van der Waals surface area contributed by atoms with Crippen molar-refractivity contribution in [3.05, 3.63) is 54.1 Å². The highest BCUT2D eigenvalue weighted by molar-refractivity contribution is 6.00. The standard InChI is InChI=1S/C18H19N3O/c1-3-12(2)19-18(22)14-9-5-4-8-13(14)17-20-15-10-6-7-11-16(15)21-17/h4-12H,3H2,1-2H3,(H,19,22)(H,20,21). The Kier molecular flexibility index (Phi) is 3.92. The molecule has 1 atom stereocenters. The molecule has 2 aromatic carbocycles. The van der Waals surface area contributed by atoms with Crippen molar-refractivity contribution in [3.8, 4) is 11.4 Å². The summed E-state index contributed by atoms with van der Waals surface area (Å²) in [7, 11) is 0. The van der Waals surface area contributed by atoms with Gasteiger partial charge in [-0.2, -0.15) is 0 Å². The van der Waals surface area contributed by atoms with E-state index in [1.54, 1.807) is 0 Å². The Bertz CT molecular complexity index is 774. The van der Waals surface area contributed by atoms with E-state index >= 15 is 0 Å². The molecule has 2 N–H and O–H groups in total. The first-order valence-electron chi connectivity index (χ1n) is 7.54. The summed E-state index contributed by atoms with van der Waals surface area (Å²) in [4.78, 5) is 20.3. The molecule has 0 aliphatic carbocycles. The number of nitrogens with one attached hydrogen (secondary N) is 2. The normalized spacial score (nSPS) is 12.3. The molecule has 0 aliphatic rings. The summed E-state index contributed by atoms with van der Waals surface area (Å²) in [6.07, 6.45) is 0.901. The van der Waals surface area contributed by atoms with Gasteiger partial charge in [0.25, 0.3) is 5.91 Å². The van der Waals surface area contributed by atoms with Crippen LogP contribution < -0.4 is 5.32 Å². The number of aromatic nitrogens is 2. The third-order valence-corrected chi connectivity index (χ3v) is 3.81. The average molecular weight is 293 g/mol. The van der Waals surface area contributed by atoms with E-state index in [2.05, 4.69) is 22.2 Å². The fraction of sp³-hybridized carbons (Fsp3) is 0.222. The molecule has 0 radical (unpaired) electrons. The van der Waals surface area contributed by atoms with Gasteiger partial charge >= 0.3 is 0 Å². The number of para-hydroxylation sites is 2. The van der Waals surface area contributed by atoms with Crippen molar-refractivity contribution < 1.29 is 4.79 Å². The molecule has 3 rings (SSSR count). The third kappa shape index (κ3) is 2.72. The van der Waals surface area contributed by atoms with Crippen LogP contribution in [0, 0.1) is 0 Å². The molecule has 3 aromatic rings. The van der Waals surface area contributed by atoms with Crippen molar-refractivity contribution in [3.63, 3.8) is 0 Å². The monoisotopic (exact) mass is 293 g/mol. The second kappa shape index (κ2) is 6.02. The minimum atomic E-state index is -0.0644. The Balaban J connectivity index is 2.02. The smallest absolute Gasteiger partial charge is 0.252 e.